The molecule has 3 amide bonds. The molecular weight excluding hydrogens is 366 g/mol. The highest BCUT2D eigenvalue weighted by atomic mass is 16.2. The summed E-state index contributed by atoms with van der Waals surface area (Å²) < 4.78 is 0. The van der Waals surface area contributed by atoms with Crippen LogP contribution in [0, 0.1) is 13.8 Å². The Morgan fingerprint density at radius 2 is 1.55 bits per heavy atom. The molecule has 29 heavy (non-hydrogen) atoms. The van der Waals surface area contributed by atoms with Crippen molar-refractivity contribution in [3.63, 3.8) is 0 Å². The highest BCUT2D eigenvalue weighted by Gasteiger charge is 2.35. The molecule has 0 aromatic heterocycles. The summed E-state index contributed by atoms with van der Waals surface area (Å²) in [5, 5.41) is 0. The van der Waals surface area contributed by atoms with E-state index in [1.807, 2.05) is 24.0 Å². The van der Waals surface area contributed by atoms with Crippen molar-refractivity contribution in [2.75, 3.05) is 37.6 Å². The second-order valence-corrected chi connectivity index (χ2v) is 7.77. The van der Waals surface area contributed by atoms with Crippen molar-refractivity contribution < 1.29 is 14.4 Å². The molecule has 0 unspecified atom stereocenters. The minimum atomic E-state index is -0.304. The van der Waals surface area contributed by atoms with Crippen LogP contribution in [0.25, 0.3) is 0 Å². The minimum Gasteiger partial charge on any atom is -0.368 e. The summed E-state index contributed by atoms with van der Waals surface area (Å²) in [6.07, 6.45) is 0.162. The Balaban J connectivity index is 1.32. The Labute approximate surface area is 170 Å². The molecular formula is C23H25N3O3. The fourth-order valence-corrected chi connectivity index (χ4v) is 4.01. The van der Waals surface area contributed by atoms with Crippen LogP contribution in [0.1, 0.15) is 38.3 Å². The van der Waals surface area contributed by atoms with Gasteiger partial charge in [0.15, 0.2) is 0 Å². The number of carbonyl (C=O) groups is 3. The lowest BCUT2D eigenvalue weighted by Crippen LogP contribution is -2.49. The Hall–Kier alpha value is -3.15. The van der Waals surface area contributed by atoms with Gasteiger partial charge in [-0.25, -0.2) is 0 Å². The van der Waals surface area contributed by atoms with E-state index in [1.165, 1.54) is 16.2 Å². The number of aryl methyl sites for hydroxylation is 2. The zero-order chi connectivity index (χ0) is 20.5. The first-order valence-corrected chi connectivity index (χ1v) is 10.0. The maximum absolute atomic E-state index is 12.7. The number of nitrogens with zero attached hydrogens (tertiary/aromatic N) is 3. The first kappa shape index (κ1) is 19.2. The molecule has 1 saturated heterocycles. The summed E-state index contributed by atoms with van der Waals surface area (Å²) in [7, 11) is 0. The summed E-state index contributed by atoms with van der Waals surface area (Å²) in [5.41, 5.74) is 4.21. The van der Waals surface area contributed by atoms with Crippen LogP contribution in [0.3, 0.4) is 0 Å². The SMILES string of the molecule is Cc1cccc(N2CCN(C(=O)CCN3C(=O)c4ccc(C)cc4C3=O)CC2)c1. The number of imide groups is 1. The molecule has 4 rings (SSSR count). The summed E-state index contributed by atoms with van der Waals surface area (Å²) in [6, 6.07) is 13.6. The molecule has 0 spiro atoms. The van der Waals surface area contributed by atoms with E-state index in [1.54, 1.807) is 12.1 Å². The van der Waals surface area contributed by atoms with Gasteiger partial charge in [-0.05, 0) is 43.7 Å². The van der Waals surface area contributed by atoms with Crippen LogP contribution in [0.4, 0.5) is 5.69 Å². The summed E-state index contributed by atoms with van der Waals surface area (Å²) in [5.74, 6) is -0.616. The number of carbonyl (C=O) groups excluding carboxylic acids is 3. The van der Waals surface area contributed by atoms with Gasteiger partial charge in [0.2, 0.25) is 5.91 Å². The van der Waals surface area contributed by atoms with E-state index in [2.05, 4.69) is 30.0 Å². The topological polar surface area (TPSA) is 60.9 Å². The second kappa shape index (κ2) is 7.70. The Morgan fingerprint density at radius 1 is 0.862 bits per heavy atom. The average molecular weight is 391 g/mol. The third kappa shape index (κ3) is 3.75. The largest absolute Gasteiger partial charge is 0.368 e. The first-order chi connectivity index (χ1) is 13.9. The number of benzene rings is 2. The zero-order valence-corrected chi connectivity index (χ0v) is 16.9. The summed E-state index contributed by atoms with van der Waals surface area (Å²) in [4.78, 5) is 43.0. The first-order valence-electron chi connectivity index (χ1n) is 10.0. The molecule has 2 aliphatic rings. The lowest BCUT2D eigenvalue weighted by atomic mass is 10.1. The third-order valence-electron chi connectivity index (χ3n) is 5.67. The molecule has 0 atom stereocenters. The van der Waals surface area contributed by atoms with Crippen molar-refractivity contribution in [3.8, 4) is 0 Å². The smallest absolute Gasteiger partial charge is 0.261 e. The van der Waals surface area contributed by atoms with Crippen LogP contribution in [0.5, 0.6) is 0 Å². The van der Waals surface area contributed by atoms with Gasteiger partial charge in [0.25, 0.3) is 11.8 Å². The number of anilines is 1. The Kier molecular flexibility index (Phi) is 5.09. The van der Waals surface area contributed by atoms with E-state index in [-0.39, 0.29) is 30.7 Å². The Bertz CT molecular complexity index is 977. The third-order valence-corrected chi connectivity index (χ3v) is 5.67. The van der Waals surface area contributed by atoms with Crippen molar-refractivity contribution in [2.45, 2.75) is 20.3 Å². The van der Waals surface area contributed by atoms with Crippen LogP contribution in [-0.4, -0.2) is 60.2 Å². The van der Waals surface area contributed by atoms with Gasteiger partial charge in [-0.3, -0.25) is 19.3 Å². The van der Waals surface area contributed by atoms with Crippen LogP contribution >= 0.6 is 0 Å². The lowest BCUT2D eigenvalue weighted by Gasteiger charge is -2.36. The number of amides is 3. The summed E-state index contributed by atoms with van der Waals surface area (Å²) >= 11 is 0. The molecule has 150 valence electrons. The van der Waals surface area contributed by atoms with Crippen molar-refractivity contribution in [1.82, 2.24) is 9.80 Å². The van der Waals surface area contributed by atoms with E-state index >= 15 is 0 Å². The fourth-order valence-electron chi connectivity index (χ4n) is 4.01. The van der Waals surface area contributed by atoms with Crippen molar-refractivity contribution >= 4 is 23.4 Å². The van der Waals surface area contributed by atoms with Crippen molar-refractivity contribution in [2.24, 2.45) is 0 Å². The second-order valence-electron chi connectivity index (χ2n) is 7.77. The highest BCUT2D eigenvalue weighted by molar-refractivity contribution is 6.21. The van der Waals surface area contributed by atoms with Gasteiger partial charge in [0.05, 0.1) is 11.1 Å². The number of hydrogen-bond acceptors (Lipinski definition) is 4. The molecule has 0 radical (unpaired) electrons. The monoisotopic (exact) mass is 391 g/mol. The van der Waals surface area contributed by atoms with E-state index in [0.29, 0.717) is 24.2 Å². The molecule has 6 heteroatoms. The molecule has 0 N–H and O–H groups in total. The number of hydrogen-bond donors (Lipinski definition) is 0. The van der Waals surface area contributed by atoms with Crippen molar-refractivity contribution in [1.29, 1.82) is 0 Å². The molecule has 0 saturated carbocycles. The molecule has 2 heterocycles. The van der Waals surface area contributed by atoms with Gasteiger partial charge in [0, 0.05) is 44.8 Å². The quantitative estimate of drug-likeness (QED) is 0.752. The van der Waals surface area contributed by atoms with Gasteiger partial charge >= 0.3 is 0 Å². The molecule has 6 nitrogen and oxygen atoms in total. The van der Waals surface area contributed by atoms with Gasteiger partial charge < -0.3 is 9.80 Å². The zero-order valence-electron chi connectivity index (χ0n) is 16.9. The average Bonchev–Trinajstić information content (AvgIpc) is 2.96. The van der Waals surface area contributed by atoms with E-state index in [0.717, 1.165) is 18.7 Å². The molecule has 2 aromatic carbocycles. The predicted molar refractivity (Wildman–Crippen MR) is 111 cm³/mol. The Morgan fingerprint density at radius 3 is 2.28 bits per heavy atom. The van der Waals surface area contributed by atoms with Crippen molar-refractivity contribution in [3.05, 3.63) is 64.7 Å². The molecule has 1 fully saturated rings. The van der Waals surface area contributed by atoms with E-state index in [9.17, 15) is 14.4 Å². The molecule has 2 aliphatic heterocycles. The van der Waals surface area contributed by atoms with Gasteiger partial charge in [-0.1, -0.05) is 23.8 Å². The fraction of sp³-hybridized carbons (Fsp3) is 0.348. The van der Waals surface area contributed by atoms with Crippen LogP contribution in [0.2, 0.25) is 0 Å². The maximum atomic E-state index is 12.7. The molecule has 0 bridgehead atoms. The molecule has 2 aromatic rings. The predicted octanol–water partition coefficient (Wildman–Crippen LogP) is 2.64. The lowest BCUT2D eigenvalue weighted by molar-refractivity contribution is -0.131. The van der Waals surface area contributed by atoms with E-state index in [4.69, 9.17) is 0 Å². The number of rotatable bonds is 4. The van der Waals surface area contributed by atoms with Crippen LogP contribution in [0.15, 0.2) is 42.5 Å². The standard InChI is InChI=1S/C23H25N3O3/c1-16-4-3-5-18(14-16)24-10-12-25(13-11-24)21(27)8-9-26-22(28)19-7-6-17(2)15-20(19)23(26)29/h3-7,14-15H,8-13H2,1-2H3. The highest BCUT2D eigenvalue weighted by Crippen LogP contribution is 2.24. The number of fused-ring (bicyclic) bond motifs is 1. The molecule has 0 aliphatic carbocycles. The summed E-state index contributed by atoms with van der Waals surface area (Å²) in [6.45, 7) is 6.94. The van der Waals surface area contributed by atoms with Gasteiger partial charge in [-0.2, -0.15) is 0 Å². The van der Waals surface area contributed by atoms with Crippen LogP contribution in [-0.2, 0) is 4.79 Å². The minimum absolute atomic E-state index is 0.0124. The normalized spacial score (nSPS) is 16.4. The number of piperazine rings is 1. The van der Waals surface area contributed by atoms with Gasteiger partial charge in [0.1, 0.15) is 0 Å². The maximum Gasteiger partial charge on any atom is 0.261 e. The van der Waals surface area contributed by atoms with Gasteiger partial charge in [-0.15, -0.1) is 0 Å². The van der Waals surface area contributed by atoms with E-state index < -0.39 is 0 Å². The van der Waals surface area contributed by atoms with Crippen LogP contribution < -0.4 is 4.90 Å².